The Morgan fingerprint density at radius 2 is 1.96 bits per heavy atom. The van der Waals surface area contributed by atoms with Crippen LogP contribution >= 0.6 is 0 Å². The molecule has 6 nitrogen and oxygen atoms in total. The molecule has 7 heteroatoms. The van der Waals surface area contributed by atoms with Crippen molar-refractivity contribution in [1.29, 1.82) is 0 Å². The van der Waals surface area contributed by atoms with Crippen molar-refractivity contribution in [3.63, 3.8) is 0 Å². The molecule has 0 saturated carbocycles. The van der Waals surface area contributed by atoms with Gasteiger partial charge in [0.2, 0.25) is 10.0 Å². The zero-order valence-electron chi connectivity index (χ0n) is 14.6. The van der Waals surface area contributed by atoms with E-state index in [4.69, 9.17) is 0 Å². The Bertz CT molecular complexity index is 639. The van der Waals surface area contributed by atoms with Crippen molar-refractivity contribution >= 4 is 16.0 Å². The molecule has 130 valence electrons. The summed E-state index contributed by atoms with van der Waals surface area (Å²) in [5.41, 5.74) is 1.73. The summed E-state index contributed by atoms with van der Waals surface area (Å²) in [7, 11) is -3.25. The van der Waals surface area contributed by atoms with E-state index in [-0.39, 0.29) is 0 Å². The molecular formula is C16H28N4O2S. The van der Waals surface area contributed by atoms with Crippen LogP contribution in [0.4, 0.5) is 0 Å². The number of rotatable bonds is 7. The lowest BCUT2D eigenvalue weighted by Gasteiger charge is -2.26. The van der Waals surface area contributed by atoms with E-state index in [1.165, 1.54) is 5.56 Å². The summed E-state index contributed by atoms with van der Waals surface area (Å²) < 4.78 is 25.4. The molecule has 1 rings (SSSR count). The van der Waals surface area contributed by atoms with Crippen LogP contribution in [0, 0.1) is 6.92 Å². The smallest absolute Gasteiger partial charge is 0.209 e. The van der Waals surface area contributed by atoms with Crippen molar-refractivity contribution < 1.29 is 8.42 Å². The lowest BCUT2D eigenvalue weighted by molar-refractivity contribution is 0.446. The molecule has 3 N–H and O–H groups in total. The fraction of sp³-hybridized carbons (Fsp3) is 0.562. The summed E-state index contributed by atoms with van der Waals surface area (Å²) in [5, 5.41) is 6.34. The molecule has 0 aliphatic rings. The third-order valence-corrected chi connectivity index (χ3v) is 3.93. The minimum atomic E-state index is -3.25. The van der Waals surface area contributed by atoms with Crippen LogP contribution in [0.15, 0.2) is 29.3 Å². The van der Waals surface area contributed by atoms with E-state index in [0.29, 0.717) is 19.0 Å². The number of nitrogens with zero attached hydrogens (tertiary/aromatic N) is 1. The Morgan fingerprint density at radius 3 is 2.52 bits per heavy atom. The van der Waals surface area contributed by atoms with Gasteiger partial charge in [-0.3, -0.25) is 0 Å². The minimum absolute atomic E-state index is 0.430. The monoisotopic (exact) mass is 340 g/mol. The van der Waals surface area contributed by atoms with Crippen molar-refractivity contribution in [2.75, 3.05) is 19.3 Å². The lowest BCUT2D eigenvalue weighted by Crippen LogP contribution is -2.53. The first-order chi connectivity index (χ1) is 10.6. The third kappa shape index (κ3) is 8.56. The number of aryl methyl sites for hydroxylation is 1. The van der Waals surface area contributed by atoms with Crippen molar-refractivity contribution in [2.24, 2.45) is 4.99 Å². The molecule has 0 fully saturated rings. The molecule has 0 spiro atoms. The standard InChI is InChI=1S/C16H28N4O2S/c1-6-17-15(18-11-14-9-7-8-13(2)10-14)19-12-16(3,4)20-23(5,21)22/h7-10,20H,6,11-12H2,1-5H3,(H2,17,18,19). The highest BCUT2D eigenvalue weighted by Crippen LogP contribution is 2.05. The molecule has 0 amide bonds. The van der Waals surface area contributed by atoms with E-state index in [9.17, 15) is 8.42 Å². The molecular weight excluding hydrogens is 312 g/mol. The number of aliphatic imine (C=N–C) groups is 1. The van der Waals surface area contributed by atoms with Gasteiger partial charge in [-0.1, -0.05) is 29.8 Å². The van der Waals surface area contributed by atoms with Crippen LogP contribution in [0.2, 0.25) is 0 Å². The number of guanidine groups is 1. The second-order valence-corrected chi connectivity index (χ2v) is 8.04. The average Bonchev–Trinajstić information content (AvgIpc) is 2.39. The first kappa shape index (κ1) is 19.4. The Hall–Kier alpha value is -1.60. The van der Waals surface area contributed by atoms with Crippen LogP contribution in [0.3, 0.4) is 0 Å². The molecule has 0 aliphatic heterocycles. The molecule has 0 bridgehead atoms. The minimum Gasteiger partial charge on any atom is -0.357 e. The average molecular weight is 340 g/mol. The Labute approximate surface area is 139 Å². The molecule has 0 atom stereocenters. The summed E-state index contributed by atoms with van der Waals surface area (Å²) in [5.74, 6) is 0.664. The van der Waals surface area contributed by atoms with Gasteiger partial charge in [0.25, 0.3) is 0 Å². The Kier molecular flexibility index (Phi) is 7.02. The molecule has 0 unspecified atom stereocenters. The zero-order chi connectivity index (χ0) is 17.5. The predicted octanol–water partition coefficient (Wildman–Crippen LogP) is 1.38. The number of hydrogen-bond donors (Lipinski definition) is 3. The molecule has 0 aliphatic carbocycles. The highest BCUT2D eigenvalue weighted by atomic mass is 32.2. The second kappa shape index (κ2) is 8.31. The Morgan fingerprint density at radius 1 is 1.26 bits per heavy atom. The van der Waals surface area contributed by atoms with Gasteiger partial charge in [0.1, 0.15) is 0 Å². The second-order valence-electron chi connectivity index (χ2n) is 6.30. The highest BCUT2D eigenvalue weighted by Gasteiger charge is 2.22. The molecule has 0 heterocycles. The number of sulfonamides is 1. The summed E-state index contributed by atoms with van der Waals surface area (Å²) in [6.07, 6.45) is 1.16. The number of hydrogen-bond acceptors (Lipinski definition) is 3. The largest absolute Gasteiger partial charge is 0.357 e. The van der Waals surface area contributed by atoms with Crippen LogP contribution in [-0.4, -0.2) is 39.3 Å². The molecule has 1 aromatic rings. The van der Waals surface area contributed by atoms with Gasteiger partial charge in [-0.25, -0.2) is 18.1 Å². The molecule has 0 radical (unpaired) electrons. The fourth-order valence-corrected chi connectivity index (χ4v) is 3.24. The quantitative estimate of drug-likeness (QED) is 0.517. The van der Waals surface area contributed by atoms with Gasteiger partial charge >= 0.3 is 0 Å². The van der Waals surface area contributed by atoms with Crippen LogP contribution < -0.4 is 15.4 Å². The van der Waals surface area contributed by atoms with Crippen molar-refractivity contribution in [3.05, 3.63) is 35.4 Å². The van der Waals surface area contributed by atoms with Gasteiger partial charge in [0, 0.05) is 18.6 Å². The van der Waals surface area contributed by atoms with E-state index >= 15 is 0 Å². The Balaban J connectivity index is 2.69. The fourth-order valence-electron chi connectivity index (χ4n) is 2.17. The van der Waals surface area contributed by atoms with Gasteiger partial charge in [0.15, 0.2) is 5.96 Å². The zero-order valence-corrected chi connectivity index (χ0v) is 15.4. The van der Waals surface area contributed by atoms with Gasteiger partial charge in [-0.2, -0.15) is 0 Å². The summed E-state index contributed by atoms with van der Waals surface area (Å²) in [6.45, 7) is 9.42. The van der Waals surface area contributed by atoms with Crippen LogP contribution in [0.5, 0.6) is 0 Å². The van der Waals surface area contributed by atoms with E-state index < -0.39 is 15.6 Å². The number of benzene rings is 1. The van der Waals surface area contributed by atoms with E-state index in [2.05, 4.69) is 39.4 Å². The topological polar surface area (TPSA) is 82.6 Å². The first-order valence-electron chi connectivity index (χ1n) is 7.68. The van der Waals surface area contributed by atoms with Crippen molar-refractivity contribution in [1.82, 2.24) is 15.4 Å². The van der Waals surface area contributed by atoms with Gasteiger partial charge in [-0.05, 0) is 33.3 Å². The number of nitrogens with one attached hydrogen (secondary N) is 3. The van der Waals surface area contributed by atoms with Gasteiger partial charge in [-0.15, -0.1) is 0 Å². The molecule has 23 heavy (non-hydrogen) atoms. The summed E-state index contributed by atoms with van der Waals surface area (Å²) in [6, 6.07) is 8.20. The van der Waals surface area contributed by atoms with E-state index in [0.717, 1.165) is 18.4 Å². The maximum atomic E-state index is 11.4. The van der Waals surface area contributed by atoms with E-state index in [1.54, 1.807) is 0 Å². The van der Waals surface area contributed by atoms with Gasteiger partial charge < -0.3 is 10.6 Å². The first-order valence-corrected chi connectivity index (χ1v) is 9.57. The van der Waals surface area contributed by atoms with Crippen LogP contribution in [0.1, 0.15) is 31.9 Å². The molecule has 0 aromatic heterocycles. The SMILES string of the molecule is CCNC(=NCc1cccc(C)c1)NCC(C)(C)NS(C)(=O)=O. The van der Waals surface area contributed by atoms with Crippen LogP contribution in [-0.2, 0) is 16.6 Å². The van der Waals surface area contributed by atoms with E-state index in [1.807, 2.05) is 32.9 Å². The molecule has 0 saturated heterocycles. The maximum Gasteiger partial charge on any atom is 0.209 e. The maximum absolute atomic E-state index is 11.4. The lowest BCUT2D eigenvalue weighted by atomic mass is 10.1. The highest BCUT2D eigenvalue weighted by molar-refractivity contribution is 7.88. The summed E-state index contributed by atoms with van der Waals surface area (Å²) >= 11 is 0. The summed E-state index contributed by atoms with van der Waals surface area (Å²) in [4.78, 5) is 4.54. The normalized spacial score (nSPS) is 13.0. The third-order valence-electron chi connectivity index (χ3n) is 3.01. The predicted molar refractivity (Wildman–Crippen MR) is 96.1 cm³/mol. The molecule has 1 aromatic carbocycles. The van der Waals surface area contributed by atoms with Crippen LogP contribution in [0.25, 0.3) is 0 Å². The van der Waals surface area contributed by atoms with Crippen molar-refractivity contribution in [2.45, 2.75) is 39.8 Å². The van der Waals surface area contributed by atoms with Gasteiger partial charge in [0.05, 0.1) is 12.8 Å². The van der Waals surface area contributed by atoms with Crippen molar-refractivity contribution in [3.8, 4) is 0 Å².